The van der Waals surface area contributed by atoms with Crippen LogP contribution in [0.4, 0.5) is 4.79 Å². The molecule has 0 unspecified atom stereocenters. The fourth-order valence-electron chi connectivity index (χ4n) is 3.47. The van der Waals surface area contributed by atoms with Gasteiger partial charge in [-0.2, -0.15) is 11.8 Å². The Balaban J connectivity index is 1.39. The molecule has 2 aliphatic rings. The van der Waals surface area contributed by atoms with E-state index in [9.17, 15) is 14.4 Å². The molecule has 0 bridgehead atoms. The van der Waals surface area contributed by atoms with E-state index in [1.54, 1.807) is 0 Å². The van der Waals surface area contributed by atoms with E-state index in [0.29, 0.717) is 16.1 Å². The number of fused-ring (bicyclic) bond motifs is 1. The molecular formula is C18H31IN4O3S. The van der Waals surface area contributed by atoms with Crippen LogP contribution < -0.4 is 21.3 Å². The van der Waals surface area contributed by atoms with Gasteiger partial charge in [-0.1, -0.05) is 41.9 Å². The summed E-state index contributed by atoms with van der Waals surface area (Å²) in [7, 11) is 0. The van der Waals surface area contributed by atoms with Gasteiger partial charge in [-0.3, -0.25) is 9.59 Å². The number of hydrogen-bond donors (Lipinski definition) is 4. The van der Waals surface area contributed by atoms with Crippen LogP contribution in [0.15, 0.2) is 0 Å². The van der Waals surface area contributed by atoms with E-state index in [1.807, 2.05) is 11.8 Å². The maximum Gasteiger partial charge on any atom is 0.315 e. The van der Waals surface area contributed by atoms with Crippen LogP contribution in [0.2, 0.25) is 0 Å². The van der Waals surface area contributed by atoms with E-state index in [0.717, 1.165) is 63.8 Å². The number of urea groups is 1. The lowest BCUT2D eigenvalue weighted by molar-refractivity contribution is -0.121. The van der Waals surface area contributed by atoms with Crippen LogP contribution in [0.25, 0.3) is 0 Å². The first-order chi connectivity index (χ1) is 13.1. The molecule has 2 fully saturated rings. The minimum Gasteiger partial charge on any atom is -0.356 e. The van der Waals surface area contributed by atoms with Gasteiger partial charge in [0.25, 0.3) is 0 Å². The number of carbonyl (C=O) groups excluding carboxylic acids is 3. The highest BCUT2D eigenvalue weighted by atomic mass is 127. The van der Waals surface area contributed by atoms with Gasteiger partial charge in [-0.15, -0.1) is 0 Å². The van der Waals surface area contributed by atoms with Crippen molar-refractivity contribution in [3.63, 3.8) is 0 Å². The van der Waals surface area contributed by atoms with Crippen LogP contribution >= 0.6 is 34.4 Å². The van der Waals surface area contributed by atoms with E-state index < -0.39 is 0 Å². The Labute approximate surface area is 179 Å². The lowest BCUT2D eigenvalue weighted by Crippen LogP contribution is -2.36. The lowest BCUT2D eigenvalue weighted by Gasteiger charge is -2.16. The van der Waals surface area contributed by atoms with Crippen molar-refractivity contribution in [2.24, 2.45) is 0 Å². The maximum absolute atomic E-state index is 11.9. The summed E-state index contributed by atoms with van der Waals surface area (Å²) >= 11 is 3.98. The van der Waals surface area contributed by atoms with Gasteiger partial charge in [0.05, 0.1) is 16.5 Å². The minimum atomic E-state index is -0.0416. The number of nitrogens with one attached hydrogen (secondary N) is 4. The molecule has 0 aromatic heterocycles. The average molecular weight is 510 g/mol. The minimum absolute atomic E-state index is 0.0416. The molecule has 154 valence electrons. The van der Waals surface area contributed by atoms with Crippen LogP contribution in [-0.4, -0.2) is 58.4 Å². The maximum atomic E-state index is 11.9. The number of carbonyl (C=O) groups is 3. The van der Waals surface area contributed by atoms with Gasteiger partial charge in [-0.25, -0.2) is 4.79 Å². The zero-order chi connectivity index (χ0) is 19.5. The number of halogens is 1. The van der Waals surface area contributed by atoms with Gasteiger partial charge < -0.3 is 21.3 Å². The van der Waals surface area contributed by atoms with Crippen LogP contribution in [0.1, 0.15) is 51.4 Å². The molecule has 4 amide bonds. The average Bonchev–Trinajstić information content (AvgIpc) is 3.20. The molecular weight excluding hydrogens is 479 g/mol. The summed E-state index contributed by atoms with van der Waals surface area (Å²) in [5.74, 6) is 1.22. The number of rotatable bonds is 13. The van der Waals surface area contributed by atoms with Crippen molar-refractivity contribution >= 4 is 52.2 Å². The summed E-state index contributed by atoms with van der Waals surface area (Å²) in [5.41, 5.74) is 0. The topological polar surface area (TPSA) is 99.3 Å². The highest BCUT2D eigenvalue weighted by Crippen LogP contribution is 2.33. The highest BCUT2D eigenvalue weighted by molar-refractivity contribution is 14.1. The van der Waals surface area contributed by atoms with E-state index in [2.05, 4.69) is 43.9 Å². The molecule has 7 nitrogen and oxygen atoms in total. The molecule has 3 atom stereocenters. The van der Waals surface area contributed by atoms with Gasteiger partial charge >= 0.3 is 6.03 Å². The van der Waals surface area contributed by atoms with E-state index in [4.69, 9.17) is 0 Å². The Morgan fingerprint density at radius 2 is 1.70 bits per heavy atom. The summed E-state index contributed by atoms with van der Waals surface area (Å²) in [6, 6.07) is 0.490. The standard InChI is InChI=1S/C18H31IN4O3S/c19-11-16(25)21-10-6-2-1-5-9-20-15(24)8-4-3-7-14-17-13(12-27-14)22-18(26)23-17/h13-14,17H,1-12H2,(H,20,24)(H,21,25)(H2,22,23,26)/t13-,14+,17-/m1/s1. The monoisotopic (exact) mass is 510 g/mol. The quantitative estimate of drug-likeness (QED) is 0.132. The molecule has 0 spiro atoms. The molecule has 2 rings (SSSR count). The Morgan fingerprint density at radius 3 is 2.41 bits per heavy atom. The van der Waals surface area contributed by atoms with Crippen molar-refractivity contribution in [3.05, 3.63) is 0 Å². The van der Waals surface area contributed by atoms with E-state index >= 15 is 0 Å². The van der Waals surface area contributed by atoms with Gasteiger partial charge in [0.15, 0.2) is 0 Å². The molecule has 2 aliphatic heterocycles. The van der Waals surface area contributed by atoms with Crippen LogP contribution in [0.5, 0.6) is 0 Å². The fourth-order valence-corrected chi connectivity index (χ4v) is 5.28. The van der Waals surface area contributed by atoms with Crippen molar-refractivity contribution in [3.8, 4) is 0 Å². The number of unbranched alkanes of at least 4 members (excludes halogenated alkanes) is 4. The summed E-state index contributed by atoms with van der Waals surface area (Å²) in [4.78, 5) is 34.3. The van der Waals surface area contributed by atoms with Gasteiger partial charge in [0.2, 0.25) is 11.8 Å². The molecule has 0 aliphatic carbocycles. The van der Waals surface area contributed by atoms with Gasteiger partial charge in [-0.05, 0) is 25.7 Å². The first kappa shape index (κ1) is 22.6. The van der Waals surface area contributed by atoms with Gasteiger partial charge in [0.1, 0.15) is 0 Å². The second-order valence-corrected chi connectivity index (χ2v) is 9.15. The molecule has 0 aromatic carbocycles. The Hall–Kier alpha value is -0.710. The summed E-state index contributed by atoms with van der Waals surface area (Å²) in [6.07, 6.45) is 7.68. The molecule has 0 aromatic rings. The normalized spacial score (nSPS) is 23.4. The van der Waals surface area contributed by atoms with Crippen molar-refractivity contribution in [1.82, 2.24) is 21.3 Å². The second-order valence-electron chi connectivity index (χ2n) is 7.12. The summed E-state index contributed by atoms with van der Waals surface area (Å²) in [5, 5.41) is 12.3. The number of thioether (sulfide) groups is 1. The van der Waals surface area contributed by atoms with Crippen molar-refractivity contribution in [2.45, 2.75) is 68.7 Å². The number of amides is 4. The number of hydrogen-bond acceptors (Lipinski definition) is 4. The van der Waals surface area contributed by atoms with Crippen LogP contribution in [0.3, 0.4) is 0 Å². The Kier molecular flexibility index (Phi) is 10.6. The summed E-state index contributed by atoms with van der Waals surface area (Å²) < 4.78 is 0.512. The van der Waals surface area contributed by atoms with Crippen molar-refractivity contribution in [2.75, 3.05) is 23.3 Å². The fraction of sp³-hybridized carbons (Fsp3) is 0.833. The highest BCUT2D eigenvalue weighted by Gasteiger charge is 2.42. The Morgan fingerprint density at radius 1 is 1.00 bits per heavy atom. The molecule has 0 saturated carbocycles. The predicted octanol–water partition coefficient (Wildman–Crippen LogP) is 1.94. The third kappa shape index (κ3) is 8.45. The molecule has 9 heteroatoms. The van der Waals surface area contributed by atoms with Crippen molar-refractivity contribution < 1.29 is 14.4 Å². The number of alkyl halides is 1. The Bertz CT molecular complexity index is 509. The molecule has 0 radical (unpaired) electrons. The van der Waals surface area contributed by atoms with E-state index in [1.165, 1.54) is 0 Å². The first-order valence-electron chi connectivity index (χ1n) is 9.88. The SMILES string of the molecule is O=C(CI)NCCCCCCNC(=O)CCCC[C@@H]1SC[C@H]2NC(=O)N[C@@H]12. The lowest BCUT2D eigenvalue weighted by atomic mass is 10.0. The van der Waals surface area contributed by atoms with Crippen LogP contribution in [0, 0.1) is 0 Å². The molecule has 2 heterocycles. The third-order valence-corrected chi connectivity index (χ3v) is 7.15. The third-order valence-electron chi connectivity index (χ3n) is 4.95. The smallest absolute Gasteiger partial charge is 0.315 e. The second kappa shape index (κ2) is 12.7. The summed E-state index contributed by atoms with van der Waals surface area (Å²) in [6.45, 7) is 1.48. The van der Waals surface area contributed by atoms with Crippen molar-refractivity contribution in [1.29, 1.82) is 0 Å². The first-order valence-corrected chi connectivity index (χ1v) is 12.5. The molecule has 2 saturated heterocycles. The largest absolute Gasteiger partial charge is 0.356 e. The molecule has 27 heavy (non-hydrogen) atoms. The van der Waals surface area contributed by atoms with Gasteiger partial charge in [0, 0.05) is 30.5 Å². The molecule has 4 N–H and O–H groups in total. The zero-order valence-corrected chi connectivity index (χ0v) is 18.7. The zero-order valence-electron chi connectivity index (χ0n) is 15.7. The van der Waals surface area contributed by atoms with Crippen LogP contribution in [-0.2, 0) is 9.59 Å². The van der Waals surface area contributed by atoms with E-state index in [-0.39, 0.29) is 29.9 Å². The predicted molar refractivity (Wildman–Crippen MR) is 117 cm³/mol.